The van der Waals surface area contributed by atoms with Gasteiger partial charge in [-0.15, -0.1) is 0 Å². The van der Waals surface area contributed by atoms with Crippen molar-refractivity contribution in [1.82, 2.24) is 9.88 Å². The number of rotatable bonds is 2. The number of ketones is 1. The van der Waals surface area contributed by atoms with E-state index in [-0.39, 0.29) is 17.3 Å². The summed E-state index contributed by atoms with van der Waals surface area (Å²) >= 11 is 3.80. The second-order valence-corrected chi connectivity index (χ2v) is 12.7. The SMILES string of the molecule is C/N=C\c1ccc2c3c([nH]c2c1)C1(CCOCC1)c1cc(N2CCN(C(=O)OC(C)(C)C)CC2)c(Br)cc1C3=O. The maximum atomic E-state index is 14.1. The first-order valence-electron chi connectivity index (χ1n) is 13.9. The quantitative estimate of drug-likeness (QED) is 0.379. The van der Waals surface area contributed by atoms with Crippen molar-refractivity contribution < 1.29 is 19.1 Å². The second kappa shape index (κ2) is 10.0. The minimum absolute atomic E-state index is 0.0484. The maximum Gasteiger partial charge on any atom is 0.410 e. The van der Waals surface area contributed by atoms with E-state index in [0.717, 1.165) is 61.9 Å². The number of hydrogen-bond acceptors (Lipinski definition) is 6. The fourth-order valence-corrected chi connectivity index (χ4v) is 6.99. The summed E-state index contributed by atoms with van der Waals surface area (Å²) < 4.78 is 12.3. The summed E-state index contributed by atoms with van der Waals surface area (Å²) in [6.07, 6.45) is 3.14. The minimum atomic E-state index is -0.521. The number of nitrogens with zero attached hydrogens (tertiary/aromatic N) is 3. The van der Waals surface area contributed by atoms with Gasteiger partial charge in [0.05, 0.1) is 11.3 Å². The van der Waals surface area contributed by atoms with Gasteiger partial charge in [-0.2, -0.15) is 0 Å². The Morgan fingerprint density at radius 1 is 1.12 bits per heavy atom. The smallest absolute Gasteiger partial charge is 0.410 e. The molecule has 1 aromatic heterocycles. The number of amides is 1. The third-order valence-corrected chi connectivity index (χ3v) is 8.91. The minimum Gasteiger partial charge on any atom is -0.444 e. The van der Waals surface area contributed by atoms with Crippen molar-refractivity contribution in [2.75, 3.05) is 51.3 Å². The highest BCUT2D eigenvalue weighted by atomic mass is 79.9. The zero-order valence-corrected chi connectivity index (χ0v) is 25.1. The molecule has 1 spiro atoms. The summed E-state index contributed by atoms with van der Waals surface area (Å²) in [6, 6.07) is 10.3. The lowest BCUT2D eigenvalue weighted by atomic mass is 9.64. The standard InChI is InChI=1S/C31H35BrN4O4/c1-30(2,3)40-29(38)36-11-9-35(10-12-36)25-17-22-21(16-23(25)32)27(37)26-20-6-5-19(18-33-4)15-24(20)34-28(26)31(22)7-13-39-14-8-31/h5-6,15-18,34H,7-14H2,1-4H3/b33-18-. The van der Waals surface area contributed by atoms with Gasteiger partial charge in [0.2, 0.25) is 0 Å². The lowest BCUT2D eigenvalue weighted by molar-refractivity contribution is 0.0240. The third kappa shape index (κ3) is 4.53. The molecule has 0 atom stereocenters. The number of piperazine rings is 1. The topological polar surface area (TPSA) is 87.2 Å². The molecular formula is C31H35BrN4O4. The molecule has 2 saturated heterocycles. The van der Waals surface area contributed by atoms with Crippen LogP contribution in [-0.2, 0) is 14.9 Å². The molecule has 1 aliphatic carbocycles. The molecule has 40 heavy (non-hydrogen) atoms. The molecule has 3 aromatic rings. The Labute approximate surface area is 242 Å². The first kappa shape index (κ1) is 27.0. The van der Waals surface area contributed by atoms with Crippen molar-refractivity contribution in [2.24, 2.45) is 4.99 Å². The van der Waals surface area contributed by atoms with E-state index in [2.05, 4.69) is 42.9 Å². The molecule has 210 valence electrons. The molecule has 3 aliphatic rings. The Hall–Kier alpha value is -3.17. The first-order chi connectivity index (χ1) is 19.1. The van der Waals surface area contributed by atoms with E-state index in [0.29, 0.717) is 39.4 Å². The van der Waals surface area contributed by atoms with Crippen LogP contribution in [0.4, 0.5) is 10.5 Å². The normalized spacial score (nSPS) is 18.9. The summed E-state index contributed by atoms with van der Waals surface area (Å²) in [5, 5.41) is 0.947. The van der Waals surface area contributed by atoms with E-state index in [1.54, 1.807) is 11.9 Å². The average molecular weight is 608 g/mol. The number of anilines is 1. The number of ether oxygens (including phenoxy) is 2. The number of carbonyl (C=O) groups is 2. The molecule has 3 heterocycles. The average Bonchev–Trinajstić information content (AvgIpc) is 3.31. The van der Waals surface area contributed by atoms with Crippen LogP contribution >= 0.6 is 15.9 Å². The van der Waals surface area contributed by atoms with E-state index in [1.807, 2.05) is 45.2 Å². The first-order valence-corrected chi connectivity index (χ1v) is 14.7. The summed E-state index contributed by atoms with van der Waals surface area (Å²) in [4.78, 5) is 38.6. The van der Waals surface area contributed by atoms with E-state index >= 15 is 0 Å². The van der Waals surface area contributed by atoms with Crippen LogP contribution in [0.1, 0.15) is 66.4 Å². The summed E-state index contributed by atoms with van der Waals surface area (Å²) in [5.74, 6) is 0.0484. The van der Waals surface area contributed by atoms with Crippen LogP contribution in [0, 0.1) is 0 Å². The molecule has 2 aliphatic heterocycles. The van der Waals surface area contributed by atoms with Gasteiger partial charge in [-0.05, 0) is 78.9 Å². The van der Waals surface area contributed by atoms with Crippen LogP contribution in [0.5, 0.6) is 0 Å². The number of nitrogens with one attached hydrogen (secondary N) is 1. The molecule has 0 saturated carbocycles. The highest BCUT2D eigenvalue weighted by Crippen LogP contribution is 2.51. The Kier molecular flexibility index (Phi) is 6.78. The predicted octanol–water partition coefficient (Wildman–Crippen LogP) is 5.68. The molecule has 0 unspecified atom stereocenters. The van der Waals surface area contributed by atoms with E-state index in [1.165, 1.54) is 0 Å². The highest BCUT2D eigenvalue weighted by Gasteiger charge is 2.47. The molecule has 1 N–H and O–H groups in total. The Balaban J connectivity index is 1.39. The molecule has 2 aromatic carbocycles. The Morgan fingerprint density at radius 3 is 2.52 bits per heavy atom. The molecule has 9 heteroatoms. The van der Waals surface area contributed by atoms with Gasteiger partial charge in [-0.1, -0.05) is 12.1 Å². The number of fused-ring (bicyclic) bond motifs is 6. The van der Waals surface area contributed by atoms with Crippen molar-refractivity contribution in [1.29, 1.82) is 0 Å². The fourth-order valence-electron chi connectivity index (χ4n) is 6.39. The van der Waals surface area contributed by atoms with Crippen molar-refractivity contribution in [3.8, 4) is 0 Å². The number of carbonyl (C=O) groups excluding carboxylic acids is 2. The maximum absolute atomic E-state index is 14.1. The van der Waals surface area contributed by atoms with Gasteiger partial charge in [-0.3, -0.25) is 9.79 Å². The fraction of sp³-hybridized carbons (Fsp3) is 0.452. The van der Waals surface area contributed by atoms with Crippen LogP contribution in [-0.4, -0.2) is 80.0 Å². The molecule has 8 nitrogen and oxygen atoms in total. The van der Waals surface area contributed by atoms with Gasteiger partial charge in [0.25, 0.3) is 0 Å². The Bertz CT molecular complexity index is 1520. The van der Waals surface area contributed by atoms with E-state index < -0.39 is 5.60 Å². The van der Waals surface area contributed by atoms with Gasteiger partial charge in [-0.25, -0.2) is 4.79 Å². The molecule has 6 rings (SSSR count). The summed E-state index contributed by atoms with van der Waals surface area (Å²) in [5.41, 5.74) is 5.70. The lowest BCUT2D eigenvalue weighted by Gasteiger charge is -2.43. The van der Waals surface area contributed by atoms with Crippen LogP contribution < -0.4 is 4.90 Å². The molecule has 0 radical (unpaired) electrons. The van der Waals surface area contributed by atoms with Crippen molar-refractivity contribution in [2.45, 2.75) is 44.6 Å². The zero-order valence-electron chi connectivity index (χ0n) is 23.5. The van der Waals surface area contributed by atoms with Crippen LogP contribution in [0.3, 0.4) is 0 Å². The highest BCUT2D eigenvalue weighted by molar-refractivity contribution is 9.10. The summed E-state index contributed by atoms with van der Waals surface area (Å²) in [6.45, 7) is 9.44. The lowest BCUT2D eigenvalue weighted by Crippen LogP contribution is -2.50. The monoisotopic (exact) mass is 606 g/mol. The number of halogens is 1. The number of aliphatic imine (C=N–C) groups is 1. The zero-order chi connectivity index (χ0) is 28.2. The molecule has 0 bridgehead atoms. The van der Waals surface area contributed by atoms with Crippen molar-refractivity contribution >= 4 is 50.6 Å². The van der Waals surface area contributed by atoms with Crippen molar-refractivity contribution in [3.63, 3.8) is 0 Å². The molecular weight excluding hydrogens is 572 g/mol. The molecule has 2 fully saturated rings. The number of aromatic amines is 1. The number of hydrogen-bond donors (Lipinski definition) is 1. The Morgan fingerprint density at radius 2 is 1.85 bits per heavy atom. The second-order valence-electron chi connectivity index (χ2n) is 11.9. The largest absolute Gasteiger partial charge is 0.444 e. The molecule has 1 amide bonds. The van der Waals surface area contributed by atoms with Crippen molar-refractivity contribution in [3.05, 3.63) is 62.8 Å². The van der Waals surface area contributed by atoms with E-state index in [4.69, 9.17) is 9.47 Å². The van der Waals surface area contributed by atoms with Gasteiger partial charge in [0.1, 0.15) is 5.60 Å². The van der Waals surface area contributed by atoms with Gasteiger partial charge in [0.15, 0.2) is 5.78 Å². The number of H-pyrrole nitrogens is 1. The number of aromatic nitrogens is 1. The predicted molar refractivity (Wildman–Crippen MR) is 160 cm³/mol. The van der Waals surface area contributed by atoms with Gasteiger partial charge in [0, 0.05) is 84.7 Å². The van der Waals surface area contributed by atoms with Gasteiger partial charge >= 0.3 is 6.09 Å². The van der Waals surface area contributed by atoms with Crippen LogP contribution in [0.25, 0.3) is 10.9 Å². The number of benzene rings is 2. The third-order valence-electron chi connectivity index (χ3n) is 8.27. The van der Waals surface area contributed by atoms with Gasteiger partial charge < -0.3 is 24.3 Å². The summed E-state index contributed by atoms with van der Waals surface area (Å²) in [7, 11) is 1.76. The van der Waals surface area contributed by atoms with Crippen LogP contribution in [0.2, 0.25) is 0 Å². The van der Waals surface area contributed by atoms with Crippen LogP contribution in [0.15, 0.2) is 39.8 Å². The van der Waals surface area contributed by atoms with E-state index in [9.17, 15) is 9.59 Å².